The second-order valence-electron chi connectivity index (χ2n) is 3.56. The van der Waals surface area contributed by atoms with Gasteiger partial charge in [-0.1, -0.05) is 17.7 Å². The van der Waals surface area contributed by atoms with Gasteiger partial charge in [0.15, 0.2) is 6.61 Å². The van der Waals surface area contributed by atoms with E-state index in [1.807, 2.05) is 38.2 Å². The molecule has 0 aliphatic rings. The van der Waals surface area contributed by atoms with E-state index >= 15 is 0 Å². The Morgan fingerprint density at radius 3 is 2.47 bits per heavy atom. The summed E-state index contributed by atoms with van der Waals surface area (Å²) in [5.41, 5.74) is 1.17. The van der Waals surface area contributed by atoms with Crippen molar-refractivity contribution >= 4 is 18.3 Å². The van der Waals surface area contributed by atoms with Gasteiger partial charge in [0.1, 0.15) is 5.75 Å². The van der Waals surface area contributed by atoms with Crippen LogP contribution in [0.15, 0.2) is 24.3 Å². The molecule has 96 valence electrons. The highest BCUT2D eigenvalue weighted by molar-refractivity contribution is 5.85. The van der Waals surface area contributed by atoms with Gasteiger partial charge in [-0.25, -0.2) is 0 Å². The zero-order valence-electron chi connectivity index (χ0n) is 10.2. The first kappa shape index (κ1) is 15.7. The summed E-state index contributed by atoms with van der Waals surface area (Å²) in [5, 5.41) is 5.69. The Bertz CT molecular complexity index is 328. The molecule has 0 bridgehead atoms. The molecule has 5 heteroatoms. The van der Waals surface area contributed by atoms with Gasteiger partial charge in [-0.2, -0.15) is 0 Å². The number of rotatable bonds is 6. The van der Waals surface area contributed by atoms with E-state index in [9.17, 15) is 4.79 Å². The van der Waals surface area contributed by atoms with Crippen molar-refractivity contribution in [3.8, 4) is 5.75 Å². The molecule has 0 atom stereocenters. The SMILES string of the molecule is CNCCNC(=O)COc1ccc(C)cc1.Cl. The summed E-state index contributed by atoms with van der Waals surface area (Å²) in [5.74, 6) is 0.616. The average molecular weight is 259 g/mol. The monoisotopic (exact) mass is 258 g/mol. The summed E-state index contributed by atoms with van der Waals surface area (Å²) >= 11 is 0. The summed E-state index contributed by atoms with van der Waals surface area (Å²) in [7, 11) is 1.84. The first-order valence-corrected chi connectivity index (χ1v) is 5.33. The Balaban J connectivity index is 0.00000256. The van der Waals surface area contributed by atoms with Crippen LogP contribution in [0.4, 0.5) is 0 Å². The van der Waals surface area contributed by atoms with Crippen molar-refractivity contribution in [2.24, 2.45) is 0 Å². The number of benzene rings is 1. The largest absolute Gasteiger partial charge is 0.484 e. The molecule has 0 saturated carbocycles. The molecular weight excluding hydrogens is 240 g/mol. The zero-order chi connectivity index (χ0) is 11.8. The molecule has 1 rings (SSSR count). The van der Waals surface area contributed by atoms with E-state index in [-0.39, 0.29) is 24.9 Å². The normalized spacial score (nSPS) is 9.29. The molecule has 0 aromatic heterocycles. The molecule has 1 amide bonds. The quantitative estimate of drug-likeness (QED) is 0.753. The predicted molar refractivity (Wildman–Crippen MR) is 70.9 cm³/mol. The molecule has 0 fully saturated rings. The highest BCUT2D eigenvalue weighted by Crippen LogP contribution is 2.10. The lowest BCUT2D eigenvalue weighted by atomic mass is 10.2. The third-order valence-corrected chi connectivity index (χ3v) is 2.09. The number of likely N-dealkylation sites (N-methyl/N-ethyl adjacent to an activating group) is 1. The molecule has 17 heavy (non-hydrogen) atoms. The van der Waals surface area contributed by atoms with Gasteiger partial charge in [-0.05, 0) is 26.1 Å². The summed E-state index contributed by atoms with van der Waals surface area (Å²) < 4.78 is 5.32. The Hall–Kier alpha value is -1.26. The van der Waals surface area contributed by atoms with Crippen LogP contribution in [0.2, 0.25) is 0 Å². The van der Waals surface area contributed by atoms with Crippen LogP contribution in [0.1, 0.15) is 5.56 Å². The highest BCUT2D eigenvalue weighted by atomic mass is 35.5. The van der Waals surface area contributed by atoms with E-state index in [1.54, 1.807) is 0 Å². The summed E-state index contributed by atoms with van der Waals surface area (Å²) in [6, 6.07) is 7.62. The Labute approximate surface area is 108 Å². The smallest absolute Gasteiger partial charge is 0.257 e. The van der Waals surface area contributed by atoms with E-state index in [2.05, 4.69) is 10.6 Å². The van der Waals surface area contributed by atoms with Crippen LogP contribution >= 0.6 is 12.4 Å². The Morgan fingerprint density at radius 2 is 1.88 bits per heavy atom. The lowest BCUT2D eigenvalue weighted by Gasteiger charge is -2.07. The van der Waals surface area contributed by atoms with Gasteiger partial charge in [0.2, 0.25) is 0 Å². The molecule has 0 spiro atoms. The number of hydrogen-bond donors (Lipinski definition) is 2. The molecule has 1 aromatic carbocycles. The van der Waals surface area contributed by atoms with Gasteiger partial charge in [0.05, 0.1) is 0 Å². The summed E-state index contributed by atoms with van der Waals surface area (Å²) in [4.78, 5) is 11.3. The topological polar surface area (TPSA) is 50.4 Å². The average Bonchev–Trinajstić information content (AvgIpc) is 2.29. The van der Waals surface area contributed by atoms with E-state index in [1.165, 1.54) is 5.56 Å². The van der Waals surface area contributed by atoms with Crippen LogP contribution in [-0.2, 0) is 4.79 Å². The van der Waals surface area contributed by atoms with E-state index in [0.717, 1.165) is 12.3 Å². The second kappa shape index (κ2) is 8.84. The molecule has 2 N–H and O–H groups in total. The lowest BCUT2D eigenvalue weighted by Crippen LogP contribution is -2.33. The van der Waals surface area contributed by atoms with Crippen molar-refractivity contribution in [1.82, 2.24) is 10.6 Å². The van der Waals surface area contributed by atoms with Crippen LogP contribution in [-0.4, -0.2) is 32.7 Å². The third kappa shape index (κ3) is 6.81. The molecule has 0 unspecified atom stereocenters. The van der Waals surface area contributed by atoms with Crippen molar-refractivity contribution in [3.63, 3.8) is 0 Å². The van der Waals surface area contributed by atoms with Crippen molar-refractivity contribution < 1.29 is 9.53 Å². The fraction of sp³-hybridized carbons (Fsp3) is 0.417. The molecule has 0 radical (unpaired) electrons. The number of hydrogen-bond acceptors (Lipinski definition) is 3. The minimum Gasteiger partial charge on any atom is -0.484 e. The number of nitrogens with one attached hydrogen (secondary N) is 2. The van der Waals surface area contributed by atoms with E-state index < -0.39 is 0 Å². The van der Waals surface area contributed by atoms with Crippen LogP contribution in [0.3, 0.4) is 0 Å². The third-order valence-electron chi connectivity index (χ3n) is 2.09. The summed E-state index contributed by atoms with van der Waals surface area (Å²) in [6.45, 7) is 3.45. The van der Waals surface area contributed by atoms with Crippen LogP contribution in [0, 0.1) is 6.92 Å². The van der Waals surface area contributed by atoms with Gasteiger partial charge >= 0.3 is 0 Å². The molecule has 0 aliphatic carbocycles. The maximum absolute atomic E-state index is 11.3. The number of ether oxygens (including phenoxy) is 1. The standard InChI is InChI=1S/C12H18N2O2.ClH/c1-10-3-5-11(6-4-10)16-9-12(15)14-8-7-13-2;/h3-6,13H,7-9H2,1-2H3,(H,14,15);1H. The number of carbonyl (C=O) groups excluding carboxylic acids is 1. The first-order chi connectivity index (χ1) is 7.72. The molecular formula is C12H19ClN2O2. The lowest BCUT2D eigenvalue weighted by molar-refractivity contribution is -0.123. The van der Waals surface area contributed by atoms with Crippen molar-refractivity contribution in [2.45, 2.75) is 6.92 Å². The van der Waals surface area contributed by atoms with Crippen molar-refractivity contribution in [1.29, 1.82) is 0 Å². The van der Waals surface area contributed by atoms with Gasteiger partial charge in [0, 0.05) is 13.1 Å². The van der Waals surface area contributed by atoms with Gasteiger partial charge in [-0.3, -0.25) is 4.79 Å². The molecule has 0 heterocycles. The Morgan fingerprint density at radius 1 is 1.24 bits per heavy atom. The first-order valence-electron chi connectivity index (χ1n) is 5.33. The number of carbonyl (C=O) groups is 1. The fourth-order valence-electron chi connectivity index (χ4n) is 1.16. The number of amides is 1. The molecule has 0 aliphatic heterocycles. The summed E-state index contributed by atoms with van der Waals surface area (Å²) in [6.07, 6.45) is 0. The highest BCUT2D eigenvalue weighted by Gasteiger charge is 2.01. The maximum atomic E-state index is 11.3. The zero-order valence-corrected chi connectivity index (χ0v) is 11.0. The van der Waals surface area contributed by atoms with E-state index in [0.29, 0.717) is 6.54 Å². The van der Waals surface area contributed by atoms with Crippen molar-refractivity contribution in [3.05, 3.63) is 29.8 Å². The maximum Gasteiger partial charge on any atom is 0.257 e. The fourth-order valence-corrected chi connectivity index (χ4v) is 1.16. The number of halogens is 1. The Kier molecular flexibility index (Phi) is 8.19. The van der Waals surface area contributed by atoms with Crippen LogP contribution < -0.4 is 15.4 Å². The molecule has 4 nitrogen and oxygen atoms in total. The van der Waals surface area contributed by atoms with Gasteiger partial charge in [0.25, 0.3) is 5.91 Å². The molecule has 0 saturated heterocycles. The minimum absolute atomic E-state index is 0. The minimum atomic E-state index is -0.101. The van der Waals surface area contributed by atoms with Crippen LogP contribution in [0.5, 0.6) is 5.75 Å². The van der Waals surface area contributed by atoms with Crippen molar-refractivity contribution in [2.75, 3.05) is 26.7 Å². The van der Waals surface area contributed by atoms with Gasteiger partial charge in [-0.15, -0.1) is 12.4 Å². The number of aryl methyl sites for hydroxylation is 1. The van der Waals surface area contributed by atoms with E-state index in [4.69, 9.17) is 4.74 Å². The predicted octanol–water partition coefficient (Wildman–Crippen LogP) is 1.13. The van der Waals surface area contributed by atoms with Gasteiger partial charge < -0.3 is 15.4 Å². The van der Waals surface area contributed by atoms with Crippen LogP contribution in [0.25, 0.3) is 0 Å². The second-order valence-corrected chi connectivity index (χ2v) is 3.56. The molecule has 1 aromatic rings.